The van der Waals surface area contributed by atoms with Gasteiger partial charge in [0.05, 0.1) is 0 Å². The van der Waals surface area contributed by atoms with Gasteiger partial charge in [0.25, 0.3) is 0 Å². The fourth-order valence-electron chi connectivity index (χ4n) is 1.77. The Morgan fingerprint density at radius 1 is 1.38 bits per heavy atom. The molecule has 1 saturated carbocycles. The molecule has 0 radical (unpaired) electrons. The van der Waals surface area contributed by atoms with E-state index in [9.17, 15) is 4.79 Å². The normalized spacial score (nSPS) is 16.8. The topological polar surface area (TPSA) is 41.1 Å². The standard InChI is InChI=1S/C13H18N2O/c1-14-12(10-5-3-2-4-6-10)9-13(16)15-11-7-8-11/h2-6,11-12,14H,7-9H2,1H3,(H,15,16). The third-order valence-electron chi connectivity index (χ3n) is 2.88. The second-order valence-corrected chi connectivity index (χ2v) is 4.30. The molecule has 0 aliphatic heterocycles. The van der Waals surface area contributed by atoms with Crippen molar-refractivity contribution >= 4 is 5.91 Å². The van der Waals surface area contributed by atoms with E-state index in [0.717, 1.165) is 18.4 Å². The number of rotatable bonds is 5. The molecule has 16 heavy (non-hydrogen) atoms. The van der Waals surface area contributed by atoms with Crippen LogP contribution in [0.25, 0.3) is 0 Å². The number of benzene rings is 1. The van der Waals surface area contributed by atoms with E-state index in [1.54, 1.807) is 0 Å². The number of hydrogen-bond donors (Lipinski definition) is 2. The van der Waals surface area contributed by atoms with Gasteiger partial charge in [-0.2, -0.15) is 0 Å². The summed E-state index contributed by atoms with van der Waals surface area (Å²) in [6.45, 7) is 0. The van der Waals surface area contributed by atoms with Crippen LogP contribution in [0.15, 0.2) is 30.3 Å². The summed E-state index contributed by atoms with van der Waals surface area (Å²) >= 11 is 0. The summed E-state index contributed by atoms with van der Waals surface area (Å²) in [5.41, 5.74) is 1.16. The highest BCUT2D eigenvalue weighted by Gasteiger charge is 2.24. The molecule has 2 rings (SSSR count). The van der Waals surface area contributed by atoms with Crippen molar-refractivity contribution in [3.8, 4) is 0 Å². The second-order valence-electron chi connectivity index (χ2n) is 4.30. The summed E-state index contributed by atoms with van der Waals surface area (Å²) in [5.74, 6) is 0.144. The SMILES string of the molecule is CNC(CC(=O)NC1CC1)c1ccccc1. The molecule has 0 heterocycles. The molecule has 1 amide bonds. The van der Waals surface area contributed by atoms with E-state index in [2.05, 4.69) is 10.6 Å². The highest BCUT2D eigenvalue weighted by atomic mass is 16.1. The van der Waals surface area contributed by atoms with Gasteiger partial charge in [-0.25, -0.2) is 0 Å². The van der Waals surface area contributed by atoms with Crippen molar-refractivity contribution in [3.63, 3.8) is 0 Å². The monoisotopic (exact) mass is 218 g/mol. The minimum absolute atomic E-state index is 0.111. The van der Waals surface area contributed by atoms with Crippen LogP contribution < -0.4 is 10.6 Å². The lowest BCUT2D eigenvalue weighted by atomic mass is 10.0. The van der Waals surface area contributed by atoms with Crippen LogP contribution in [0, 0.1) is 0 Å². The molecule has 1 aliphatic rings. The molecule has 0 spiro atoms. The molecule has 1 aromatic carbocycles. The summed E-state index contributed by atoms with van der Waals surface area (Å²) < 4.78 is 0. The van der Waals surface area contributed by atoms with Crippen molar-refractivity contribution in [2.75, 3.05) is 7.05 Å². The van der Waals surface area contributed by atoms with Crippen molar-refractivity contribution in [1.29, 1.82) is 0 Å². The summed E-state index contributed by atoms with van der Waals surface area (Å²) in [7, 11) is 1.89. The first-order chi connectivity index (χ1) is 7.79. The summed E-state index contributed by atoms with van der Waals surface area (Å²) in [4.78, 5) is 11.7. The molecule has 1 unspecified atom stereocenters. The average molecular weight is 218 g/mol. The molecule has 1 atom stereocenters. The van der Waals surface area contributed by atoms with Crippen LogP contribution in [-0.4, -0.2) is 19.0 Å². The van der Waals surface area contributed by atoms with Gasteiger partial charge in [0.15, 0.2) is 0 Å². The molecule has 3 heteroatoms. The van der Waals surface area contributed by atoms with Crippen LogP contribution >= 0.6 is 0 Å². The number of nitrogens with one attached hydrogen (secondary N) is 2. The predicted octanol–water partition coefficient (Wildman–Crippen LogP) is 1.62. The van der Waals surface area contributed by atoms with Crippen LogP contribution in [-0.2, 0) is 4.79 Å². The van der Waals surface area contributed by atoms with Crippen LogP contribution in [0.2, 0.25) is 0 Å². The third kappa shape index (κ3) is 3.07. The first-order valence-corrected chi connectivity index (χ1v) is 5.81. The van der Waals surface area contributed by atoms with E-state index in [4.69, 9.17) is 0 Å². The van der Waals surface area contributed by atoms with Gasteiger partial charge in [0, 0.05) is 18.5 Å². The summed E-state index contributed by atoms with van der Waals surface area (Å²) in [6, 6.07) is 10.6. The van der Waals surface area contributed by atoms with Crippen LogP contribution in [0.1, 0.15) is 30.9 Å². The highest BCUT2D eigenvalue weighted by Crippen LogP contribution is 2.20. The van der Waals surface area contributed by atoms with Gasteiger partial charge in [-0.05, 0) is 25.5 Å². The molecule has 0 aromatic heterocycles. The van der Waals surface area contributed by atoms with Gasteiger partial charge in [-0.3, -0.25) is 4.79 Å². The molecule has 0 bridgehead atoms. The van der Waals surface area contributed by atoms with E-state index in [0.29, 0.717) is 12.5 Å². The zero-order valence-electron chi connectivity index (χ0n) is 9.57. The van der Waals surface area contributed by atoms with Crippen molar-refractivity contribution in [2.45, 2.75) is 31.3 Å². The number of carbonyl (C=O) groups excluding carboxylic acids is 1. The predicted molar refractivity (Wildman–Crippen MR) is 64.0 cm³/mol. The maximum Gasteiger partial charge on any atom is 0.222 e. The minimum atomic E-state index is 0.111. The molecule has 2 N–H and O–H groups in total. The van der Waals surface area contributed by atoms with Crippen LogP contribution in [0.5, 0.6) is 0 Å². The van der Waals surface area contributed by atoms with Gasteiger partial charge in [-0.1, -0.05) is 30.3 Å². The van der Waals surface area contributed by atoms with Gasteiger partial charge in [0.1, 0.15) is 0 Å². The number of amides is 1. The first kappa shape index (κ1) is 11.1. The molecule has 0 saturated heterocycles. The first-order valence-electron chi connectivity index (χ1n) is 5.81. The zero-order valence-corrected chi connectivity index (χ0v) is 9.57. The Kier molecular flexibility index (Phi) is 3.57. The lowest BCUT2D eigenvalue weighted by molar-refractivity contribution is -0.121. The average Bonchev–Trinajstić information content (AvgIpc) is 3.11. The van der Waals surface area contributed by atoms with E-state index in [-0.39, 0.29) is 11.9 Å². The molecular formula is C13H18N2O. The van der Waals surface area contributed by atoms with E-state index in [1.807, 2.05) is 37.4 Å². The minimum Gasteiger partial charge on any atom is -0.353 e. The van der Waals surface area contributed by atoms with Gasteiger partial charge in [0.2, 0.25) is 5.91 Å². The van der Waals surface area contributed by atoms with Gasteiger partial charge >= 0.3 is 0 Å². The fourth-order valence-corrected chi connectivity index (χ4v) is 1.77. The van der Waals surface area contributed by atoms with Crippen LogP contribution in [0.4, 0.5) is 0 Å². The Morgan fingerprint density at radius 3 is 2.62 bits per heavy atom. The van der Waals surface area contributed by atoms with E-state index < -0.39 is 0 Å². The molecule has 3 nitrogen and oxygen atoms in total. The number of hydrogen-bond acceptors (Lipinski definition) is 2. The zero-order chi connectivity index (χ0) is 11.4. The Hall–Kier alpha value is -1.35. The van der Waals surface area contributed by atoms with E-state index in [1.165, 1.54) is 0 Å². The third-order valence-corrected chi connectivity index (χ3v) is 2.88. The van der Waals surface area contributed by atoms with Crippen molar-refractivity contribution in [3.05, 3.63) is 35.9 Å². The molecule has 86 valence electrons. The lowest BCUT2D eigenvalue weighted by Crippen LogP contribution is -2.30. The van der Waals surface area contributed by atoms with Crippen LogP contribution in [0.3, 0.4) is 0 Å². The Balaban J connectivity index is 1.91. The Bertz CT molecular complexity index is 346. The maximum atomic E-state index is 11.7. The largest absolute Gasteiger partial charge is 0.353 e. The van der Waals surface area contributed by atoms with Crippen molar-refractivity contribution in [2.24, 2.45) is 0 Å². The van der Waals surface area contributed by atoms with Crippen molar-refractivity contribution in [1.82, 2.24) is 10.6 Å². The number of carbonyl (C=O) groups is 1. The second kappa shape index (κ2) is 5.12. The molecule has 1 fully saturated rings. The van der Waals surface area contributed by atoms with E-state index >= 15 is 0 Å². The molecule has 1 aliphatic carbocycles. The summed E-state index contributed by atoms with van der Waals surface area (Å²) in [5, 5.41) is 6.19. The molecule has 1 aromatic rings. The molecular weight excluding hydrogens is 200 g/mol. The van der Waals surface area contributed by atoms with Gasteiger partial charge in [-0.15, -0.1) is 0 Å². The Morgan fingerprint density at radius 2 is 2.06 bits per heavy atom. The summed E-state index contributed by atoms with van der Waals surface area (Å²) in [6.07, 6.45) is 2.79. The Labute approximate surface area is 96.2 Å². The van der Waals surface area contributed by atoms with Gasteiger partial charge < -0.3 is 10.6 Å². The van der Waals surface area contributed by atoms with Crippen molar-refractivity contribution < 1.29 is 4.79 Å². The quantitative estimate of drug-likeness (QED) is 0.788. The highest BCUT2D eigenvalue weighted by molar-refractivity contribution is 5.77. The maximum absolute atomic E-state index is 11.7. The fraction of sp³-hybridized carbons (Fsp3) is 0.462. The lowest BCUT2D eigenvalue weighted by Gasteiger charge is -2.16. The smallest absolute Gasteiger partial charge is 0.222 e.